The van der Waals surface area contributed by atoms with E-state index in [4.69, 9.17) is 4.52 Å². The maximum Gasteiger partial charge on any atom is 0.237 e. The molecule has 7 heteroatoms. The first-order valence-corrected chi connectivity index (χ1v) is 8.52. The summed E-state index contributed by atoms with van der Waals surface area (Å²) >= 11 is 4.64. The van der Waals surface area contributed by atoms with E-state index in [1.54, 1.807) is 13.0 Å². The Morgan fingerprint density at radius 2 is 2.23 bits per heavy atom. The normalized spacial score (nSPS) is 12.2. The van der Waals surface area contributed by atoms with Gasteiger partial charge in [0.15, 0.2) is 0 Å². The highest BCUT2D eigenvalue weighted by molar-refractivity contribution is 9.10. The lowest BCUT2D eigenvalue weighted by atomic mass is 10.2. The van der Waals surface area contributed by atoms with Crippen LogP contribution in [0.1, 0.15) is 23.9 Å². The van der Waals surface area contributed by atoms with Crippen LogP contribution >= 0.6 is 27.7 Å². The molecule has 0 spiro atoms. The van der Waals surface area contributed by atoms with E-state index >= 15 is 0 Å². The first-order valence-electron chi connectivity index (χ1n) is 6.67. The van der Waals surface area contributed by atoms with Crippen LogP contribution in [0.4, 0.5) is 10.1 Å². The fourth-order valence-electron chi connectivity index (χ4n) is 1.82. The van der Waals surface area contributed by atoms with E-state index in [1.165, 1.54) is 23.9 Å². The molecule has 1 aromatic heterocycles. The highest BCUT2D eigenvalue weighted by Crippen LogP contribution is 2.24. The van der Waals surface area contributed by atoms with Crippen LogP contribution < -0.4 is 5.32 Å². The van der Waals surface area contributed by atoms with Crippen molar-refractivity contribution in [2.24, 2.45) is 0 Å². The number of amides is 1. The Balaban J connectivity index is 1.95. The van der Waals surface area contributed by atoms with E-state index in [-0.39, 0.29) is 16.8 Å². The number of thioether (sulfide) groups is 1. The van der Waals surface area contributed by atoms with Gasteiger partial charge in [-0.2, -0.15) is 0 Å². The molecule has 2 aromatic rings. The van der Waals surface area contributed by atoms with Gasteiger partial charge in [0.25, 0.3) is 0 Å². The van der Waals surface area contributed by atoms with Crippen molar-refractivity contribution >= 4 is 39.3 Å². The third-order valence-electron chi connectivity index (χ3n) is 3.22. The lowest BCUT2D eigenvalue weighted by Gasteiger charge is -2.12. The summed E-state index contributed by atoms with van der Waals surface area (Å²) in [7, 11) is 0. The Hall–Kier alpha value is -1.34. The maximum absolute atomic E-state index is 13.7. The smallest absolute Gasteiger partial charge is 0.237 e. The van der Waals surface area contributed by atoms with Crippen molar-refractivity contribution in [3.63, 3.8) is 0 Å². The molecule has 0 radical (unpaired) electrons. The number of hydrogen-bond acceptors (Lipinski definition) is 4. The molecule has 0 aliphatic heterocycles. The number of carbonyl (C=O) groups excluding carboxylic acids is 1. The monoisotopic (exact) mass is 386 g/mol. The Labute approximate surface area is 141 Å². The summed E-state index contributed by atoms with van der Waals surface area (Å²) in [6.45, 7) is 5.50. The average Bonchev–Trinajstić information content (AvgIpc) is 2.78. The lowest BCUT2D eigenvalue weighted by Crippen LogP contribution is -2.23. The lowest BCUT2D eigenvalue weighted by molar-refractivity contribution is -0.115. The second-order valence-corrected chi connectivity index (χ2v) is 7.11. The van der Waals surface area contributed by atoms with Crippen LogP contribution in [0.5, 0.6) is 0 Å². The van der Waals surface area contributed by atoms with Gasteiger partial charge < -0.3 is 9.84 Å². The molecular formula is C15H16BrFN2O2S. The van der Waals surface area contributed by atoms with Gasteiger partial charge in [-0.3, -0.25) is 4.79 Å². The standard InChI is InChI=1S/C15H16BrFN2O2S/c1-8-12(9(2)21-19-8)7-22-10(3)15(20)18-14-5-4-11(16)6-13(14)17/h4-6,10H,7H2,1-3H3,(H,18,20). The van der Waals surface area contributed by atoms with Crippen molar-refractivity contribution in [3.05, 3.63) is 45.5 Å². The number of aryl methyl sites for hydroxylation is 2. The summed E-state index contributed by atoms with van der Waals surface area (Å²) < 4.78 is 19.4. The first kappa shape index (κ1) is 17.0. The average molecular weight is 387 g/mol. The largest absolute Gasteiger partial charge is 0.361 e. The van der Waals surface area contributed by atoms with E-state index in [1.807, 2.05) is 13.8 Å². The molecule has 0 saturated heterocycles. The molecule has 1 unspecified atom stereocenters. The molecular weight excluding hydrogens is 371 g/mol. The van der Waals surface area contributed by atoms with Gasteiger partial charge in [0.1, 0.15) is 11.6 Å². The molecule has 1 aromatic carbocycles. The molecule has 1 amide bonds. The number of anilines is 1. The second kappa shape index (κ2) is 7.28. The second-order valence-electron chi connectivity index (χ2n) is 4.87. The van der Waals surface area contributed by atoms with Gasteiger partial charge in [-0.1, -0.05) is 21.1 Å². The Morgan fingerprint density at radius 3 is 2.82 bits per heavy atom. The first-order chi connectivity index (χ1) is 10.4. The van der Waals surface area contributed by atoms with Gasteiger partial charge in [0.2, 0.25) is 5.91 Å². The molecule has 0 aliphatic rings. The van der Waals surface area contributed by atoms with Crippen LogP contribution in [0.15, 0.2) is 27.2 Å². The molecule has 0 bridgehead atoms. The number of nitrogens with one attached hydrogen (secondary N) is 1. The fraction of sp³-hybridized carbons (Fsp3) is 0.333. The summed E-state index contributed by atoms with van der Waals surface area (Å²) in [5, 5.41) is 6.16. The van der Waals surface area contributed by atoms with Crippen molar-refractivity contribution in [2.45, 2.75) is 31.8 Å². The number of rotatable bonds is 5. The summed E-state index contributed by atoms with van der Waals surface area (Å²) in [4.78, 5) is 12.1. The van der Waals surface area contributed by atoms with Gasteiger partial charge in [-0.15, -0.1) is 11.8 Å². The number of carbonyl (C=O) groups is 1. The molecule has 1 heterocycles. The highest BCUT2D eigenvalue weighted by atomic mass is 79.9. The minimum Gasteiger partial charge on any atom is -0.361 e. The van der Waals surface area contributed by atoms with Crippen molar-refractivity contribution in [2.75, 3.05) is 5.32 Å². The van der Waals surface area contributed by atoms with Crippen molar-refractivity contribution < 1.29 is 13.7 Å². The zero-order chi connectivity index (χ0) is 16.3. The SMILES string of the molecule is Cc1noc(C)c1CSC(C)C(=O)Nc1ccc(Br)cc1F. The molecule has 22 heavy (non-hydrogen) atoms. The molecule has 0 saturated carbocycles. The molecule has 1 atom stereocenters. The third-order valence-corrected chi connectivity index (χ3v) is 4.88. The minimum absolute atomic E-state index is 0.179. The van der Waals surface area contributed by atoms with Crippen LogP contribution in [0.3, 0.4) is 0 Å². The van der Waals surface area contributed by atoms with Crippen LogP contribution in [-0.2, 0) is 10.5 Å². The van der Waals surface area contributed by atoms with E-state index in [2.05, 4.69) is 26.4 Å². The zero-order valence-electron chi connectivity index (χ0n) is 12.4. The van der Waals surface area contributed by atoms with E-state index < -0.39 is 5.82 Å². The van der Waals surface area contributed by atoms with Gasteiger partial charge >= 0.3 is 0 Å². The van der Waals surface area contributed by atoms with Crippen LogP contribution in [0.2, 0.25) is 0 Å². The van der Waals surface area contributed by atoms with E-state index in [9.17, 15) is 9.18 Å². The van der Waals surface area contributed by atoms with Crippen molar-refractivity contribution in [1.29, 1.82) is 0 Å². The predicted octanol–water partition coefficient (Wildman–Crippen LogP) is 4.45. The molecule has 0 aliphatic carbocycles. The molecule has 2 rings (SSSR count). The minimum atomic E-state index is -0.467. The van der Waals surface area contributed by atoms with Crippen LogP contribution in [0.25, 0.3) is 0 Å². The fourth-order valence-corrected chi connectivity index (χ4v) is 3.19. The van der Waals surface area contributed by atoms with Gasteiger partial charge in [-0.25, -0.2) is 4.39 Å². The number of aromatic nitrogens is 1. The number of benzene rings is 1. The predicted molar refractivity (Wildman–Crippen MR) is 89.5 cm³/mol. The quantitative estimate of drug-likeness (QED) is 0.824. The molecule has 4 nitrogen and oxygen atoms in total. The number of halogens is 2. The molecule has 1 N–H and O–H groups in total. The van der Waals surface area contributed by atoms with Crippen LogP contribution in [-0.4, -0.2) is 16.3 Å². The Bertz CT molecular complexity index is 671. The van der Waals surface area contributed by atoms with E-state index in [0.29, 0.717) is 10.2 Å². The number of hydrogen-bond donors (Lipinski definition) is 1. The summed E-state index contributed by atoms with van der Waals surface area (Å²) in [6, 6.07) is 4.53. The summed E-state index contributed by atoms with van der Waals surface area (Å²) in [5.74, 6) is 0.679. The zero-order valence-corrected chi connectivity index (χ0v) is 14.8. The topological polar surface area (TPSA) is 55.1 Å². The third kappa shape index (κ3) is 4.10. The molecule has 118 valence electrons. The summed E-state index contributed by atoms with van der Waals surface area (Å²) in [5.41, 5.74) is 2.01. The number of nitrogens with zero attached hydrogens (tertiary/aromatic N) is 1. The Morgan fingerprint density at radius 1 is 1.50 bits per heavy atom. The van der Waals surface area contributed by atoms with Crippen molar-refractivity contribution in [1.82, 2.24) is 5.16 Å². The van der Waals surface area contributed by atoms with Crippen LogP contribution in [0, 0.1) is 19.7 Å². The van der Waals surface area contributed by atoms with E-state index in [0.717, 1.165) is 17.0 Å². The van der Waals surface area contributed by atoms with Gasteiger partial charge in [-0.05, 0) is 39.0 Å². The maximum atomic E-state index is 13.7. The molecule has 0 fully saturated rings. The van der Waals surface area contributed by atoms with Crippen molar-refractivity contribution in [3.8, 4) is 0 Å². The Kier molecular flexibility index (Phi) is 5.63. The van der Waals surface area contributed by atoms with Gasteiger partial charge in [0.05, 0.1) is 16.6 Å². The summed E-state index contributed by atoms with van der Waals surface area (Å²) in [6.07, 6.45) is 0. The highest BCUT2D eigenvalue weighted by Gasteiger charge is 2.17. The van der Waals surface area contributed by atoms with Gasteiger partial charge in [0, 0.05) is 15.8 Å².